The maximum Gasteiger partial charge on any atom is 0.151 e. The Labute approximate surface area is 127 Å². The van der Waals surface area contributed by atoms with Gasteiger partial charge in [-0.3, -0.25) is 0 Å². The van der Waals surface area contributed by atoms with Gasteiger partial charge in [0.05, 0.1) is 5.69 Å². The third kappa shape index (κ3) is 1.93. The van der Waals surface area contributed by atoms with Crippen LogP contribution in [-0.4, -0.2) is 14.8 Å². The first kappa shape index (κ1) is 12.6. The lowest BCUT2D eigenvalue weighted by Gasteiger charge is -2.62. The molecule has 0 amide bonds. The highest BCUT2D eigenvalue weighted by molar-refractivity contribution is 9.10. The van der Waals surface area contributed by atoms with Crippen LogP contribution >= 0.6 is 15.9 Å². The molecular weight excluding hydrogens is 314 g/mol. The molecular formula is C16H18BrN3. The molecule has 0 atom stereocenters. The molecule has 0 spiro atoms. The average Bonchev–Trinajstić information content (AvgIpc) is 2.75. The molecule has 1 aromatic heterocycles. The Morgan fingerprint density at radius 2 is 2.15 bits per heavy atom. The van der Waals surface area contributed by atoms with Crippen molar-refractivity contribution in [1.29, 1.82) is 0 Å². The summed E-state index contributed by atoms with van der Waals surface area (Å²) in [6.07, 6.45) is 6.19. The molecule has 1 aromatic carbocycles. The fourth-order valence-electron chi connectivity index (χ4n) is 3.68. The molecule has 0 N–H and O–H groups in total. The van der Waals surface area contributed by atoms with E-state index in [1.807, 2.05) is 10.7 Å². The van der Waals surface area contributed by atoms with E-state index in [-0.39, 0.29) is 0 Å². The summed E-state index contributed by atoms with van der Waals surface area (Å²) in [5.74, 6) is 3.10. The summed E-state index contributed by atoms with van der Waals surface area (Å²) in [6, 6.07) is 8.31. The van der Waals surface area contributed by atoms with Crippen LogP contribution in [-0.2, 0) is 12.8 Å². The monoisotopic (exact) mass is 331 g/mol. The highest BCUT2D eigenvalue weighted by atomic mass is 79.9. The highest BCUT2D eigenvalue weighted by Crippen LogP contribution is 2.65. The topological polar surface area (TPSA) is 30.7 Å². The second-order valence-corrected chi connectivity index (χ2v) is 7.26. The highest BCUT2D eigenvalue weighted by Gasteiger charge is 2.56. The molecule has 3 saturated carbocycles. The lowest BCUT2D eigenvalue weighted by molar-refractivity contribution is -0.106. The summed E-state index contributed by atoms with van der Waals surface area (Å²) < 4.78 is 3.13. The van der Waals surface area contributed by atoms with Crippen LogP contribution in [0.2, 0.25) is 0 Å². The van der Waals surface area contributed by atoms with E-state index in [1.54, 1.807) is 0 Å². The van der Waals surface area contributed by atoms with Crippen molar-refractivity contribution in [3.63, 3.8) is 0 Å². The Balaban J connectivity index is 1.71. The number of rotatable bonds is 4. The summed E-state index contributed by atoms with van der Waals surface area (Å²) in [7, 11) is 0. The number of hydrogen-bond donors (Lipinski definition) is 0. The zero-order valence-corrected chi connectivity index (χ0v) is 13.2. The molecule has 0 aliphatic heterocycles. The number of aromatic nitrogens is 3. The van der Waals surface area contributed by atoms with E-state index in [4.69, 9.17) is 4.98 Å². The van der Waals surface area contributed by atoms with Gasteiger partial charge in [0.1, 0.15) is 5.82 Å². The number of nitrogens with zero attached hydrogens (tertiary/aromatic N) is 3. The molecule has 3 aliphatic carbocycles. The van der Waals surface area contributed by atoms with Gasteiger partial charge in [-0.1, -0.05) is 28.9 Å². The molecule has 2 bridgehead atoms. The fraction of sp³-hybridized carbons (Fsp3) is 0.500. The maximum atomic E-state index is 4.76. The first-order valence-corrected chi connectivity index (χ1v) is 8.17. The molecule has 0 saturated heterocycles. The van der Waals surface area contributed by atoms with Gasteiger partial charge in [-0.25, -0.2) is 9.67 Å². The Hall–Kier alpha value is -1.16. The minimum absolute atomic E-state index is 0.562. The summed E-state index contributed by atoms with van der Waals surface area (Å²) in [6.45, 7) is 2.12. The van der Waals surface area contributed by atoms with Gasteiger partial charge in [0, 0.05) is 17.3 Å². The first-order chi connectivity index (χ1) is 9.67. The van der Waals surface area contributed by atoms with Crippen molar-refractivity contribution in [2.75, 3.05) is 0 Å². The zero-order chi connectivity index (χ0) is 13.7. The van der Waals surface area contributed by atoms with Crippen LogP contribution in [0.1, 0.15) is 37.8 Å². The lowest BCUT2D eigenvalue weighted by Crippen LogP contribution is -2.53. The summed E-state index contributed by atoms with van der Waals surface area (Å²) >= 11 is 3.54. The number of hydrogen-bond acceptors (Lipinski definition) is 2. The maximum absolute atomic E-state index is 4.76. The van der Waals surface area contributed by atoms with Crippen molar-refractivity contribution < 1.29 is 0 Å². The number of aryl methyl sites for hydroxylation is 1. The van der Waals surface area contributed by atoms with Crippen LogP contribution in [0.5, 0.6) is 0 Å². The molecule has 104 valence electrons. The second-order valence-electron chi connectivity index (χ2n) is 6.34. The standard InChI is InChI=1S/C16H18BrN3/c1-2-14-18-15(10-16-7-11(8-16)9-16)20(19-14)13-5-3-4-12(17)6-13/h3-6,11H,2,7-10H2,1H3. The smallest absolute Gasteiger partial charge is 0.151 e. The van der Waals surface area contributed by atoms with E-state index < -0.39 is 0 Å². The van der Waals surface area contributed by atoms with Crippen LogP contribution in [0.25, 0.3) is 5.69 Å². The van der Waals surface area contributed by atoms with Crippen LogP contribution in [0, 0.1) is 11.3 Å². The molecule has 2 aromatic rings. The van der Waals surface area contributed by atoms with Crippen molar-refractivity contribution in [2.45, 2.75) is 39.0 Å². The Kier molecular flexibility index (Phi) is 2.78. The van der Waals surface area contributed by atoms with E-state index in [9.17, 15) is 0 Å². The van der Waals surface area contributed by atoms with E-state index in [1.165, 1.54) is 19.3 Å². The largest absolute Gasteiger partial charge is 0.218 e. The van der Waals surface area contributed by atoms with Crippen molar-refractivity contribution in [1.82, 2.24) is 14.8 Å². The Morgan fingerprint density at radius 1 is 1.35 bits per heavy atom. The molecule has 0 unspecified atom stereocenters. The summed E-state index contributed by atoms with van der Waals surface area (Å²) in [4.78, 5) is 4.76. The van der Waals surface area contributed by atoms with Crippen LogP contribution < -0.4 is 0 Å². The molecule has 3 nitrogen and oxygen atoms in total. The molecule has 20 heavy (non-hydrogen) atoms. The predicted molar refractivity (Wildman–Crippen MR) is 81.9 cm³/mol. The van der Waals surface area contributed by atoms with Crippen molar-refractivity contribution in [3.05, 3.63) is 40.4 Å². The van der Waals surface area contributed by atoms with Gasteiger partial charge >= 0.3 is 0 Å². The fourth-order valence-corrected chi connectivity index (χ4v) is 4.07. The third-order valence-electron chi connectivity index (χ3n) is 4.79. The van der Waals surface area contributed by atoms with Crippen molar-refractivity contribution >= 4 is 15.9 Å². The minimum atomic E-state index is 0.562. The van der Waals surface area contributed by atoms with E-state index in [0.29, 0.717) is 5.41 Å². The van der Waals surface area contributed by atoms with Gasteiger partial charge < -0.3 is 0 Å². The molecule has 3 aliphatic rings. The van der Waals surface area contributed by atoms with Gasteiger partial charge in [0.15, 0.2) is 5.82 Å². The summed E-state index contributed by atoms with van der Waals surface area (Å²) in [5.41, 5.74) is 1.67. The number of halogens is 1. The lowest BCUT2D eigenvalue weighted by atomic mass is 9.43. The Bertz CT molecular complexity index is 644. The van der Waals surface area contributed by atoms with Gasteiger partial charge in [-0.2, -0.15) is 5.10 Å². The molecule has 5 rings (SSSR count). The normalized spacial score (nSPS) is 27.0. The molecule has 1 heterocycles. The molecule has 0 radical (unpaired) electrons. The zero-order valence-electron chi connectivity index (χ0n) is 11.6. The molecule has 3 fully saturated rings. The number of benzene rings is 1. The minimum Gasteiger partial charge on any atom is -0.218 e. The third-order valence-corrected chi connectivity index (χ3v) is 5.28. The second kappa shape index (κ2) is 4.42. The van der Waals surface area contributed by atoms with E-state index in [2.05, 4.69) is 46.2 Å². The van der Waals surface area contributed by atoms with Crippen molar-refractivity contribution in [2.24, 2.45) is 11.3 Å². The molecule has 4 heteroatoms. The van der Waals surface area contributed by atoms with Crippen molar-refractivity contribution in [3.8, 4) is 5.69 Å². The SMILES string of the molecule is CCc1nc(CC23CC(C2)C3)n(-c2cccc(Br)c2)n1. The van der Waals surface area contributed by atoms with Gasteiger partial charge in [0.25, 0.3) is 0 Å². The quantitative estimate of drug-likeness (QED) is 0.849. The van der Waals surface area contributed by atoms with Gasteiger partial charge in [0.2, 0.25) is 0 Å². The Morgan fingerprint density at radius 3 is 2.75 bits per heavy atom. The van der Waals surface area contributed by atoms with Gasteiger partial charge in [-0.05, 0) is 48.8 Å². The predicted octanol–water partition coefficient (Wildman–Crippen LogP) is 3.93. The van der Waals surface area contributed by atoms with Crippen LogP contribution in [0.4, 0.5) is 0 Å². The van der Waals surface area contributed by atoms with Crippen LogP contribution in [0.3, 0.4) is 0 Å². The van der Waals surface area contributed by atoms with E-state index in [0.717, 1.165) is 40.6 Å². The van der Waals surface area contributed by atoms with E-state index >= 15 is 0 Å². The van der Waals surface area contributed by atoms with Crippen LogP contribution in [0.15, 0.2) is 28.7 Å². The summed E-state index contributed by atoms with van der Waals surface area (Å²) in [5, 5.41) is 4.68. The average molecular weight is 332 g/mol. The van der Waals surface area contributed by atoms with Gasteiger partial charge in [-0.15, -0.1) is 0 Å². The first-order valence-electron chi connectivity index (χ1n) is 7.38.